The van der Waals surface area contributed by atoms with Crippen molar-refractivity contribution in [2.45, 2.75) is 160 Å². The zero-order chi connectivity index (χ0) is 40.8. The summed E-state index contributed by atoms with van der Waals surface area (Å²) in [5, 5.41) is 34.0. The molecule has 307 valence electrons. The predicted molar refractivity (Wildman–Crippen MR) is 210 cm³/mol. The lowest BCUT2D eigenvalue weighted by atomic mass is 9.80. The molecule has 3 fully saturated rings. The van der Waals surface area contributed by atoms with E-state index in [0.29, 0.717) is 63.4 Å². The lowest BCUT2D eigenvalue weighted by Gasteiger charge is -2.46. The van der Waals surface area contributed by atoms with Crippen molar-refractivity contribution < 1.29 is 48.7 Å². The molecule has 0 unspecified atom stereocenters. The minimum absolute atomic E-state index is 0.00442. The first kappa shape index (κ1) is 45.2. The lowest BCUT2D eigenvalue weighted by Crippen LogP contribution is -2.62. The molecule has 0 aromatic rings. The van der Waals surface area contributed by atoms with E-state index in [1.165, 1.54) is 4.90 Å². The van der Waals surface area contributed by atoms with Crippen LogP contribution in [0.4, 0.5) is 0 Å². The van der Waals surface area contributed by atoms with Crippen molar-refractivity contribution in [3.8, 4) is 0 Å². The van der Waals surface area contributed by atoms with Crippen LogP contribution in [0, 0.1) is 35.5 Å². The highest BCUT2D eigenvalue weighted by Crippen LogP contribution is 2.43. The van der Waals surface area contributed by atoms with E-state index in [2.05, 4.69) is 23.7 Å². The molecule has 3 N–H and O–H groups in total. The Balaban J connectivity index is 1.75. The second-order valence-corrected chi connectivity index (χ2v) is 18.0. The van der Waals surface area contributed by atoms with Crippen LogP contribution >= 0.6 is 0 Å². The van der Waals surface area contributed by atoms with Crippen LogP contribution in [-0.2, 0) is 33.4 Å². The quantitative estimate of drug-likeness (QED) is 0.146. The number of aliphatic hydroxyl groups is 3. The summed E-state index contributed by atoms with van der Waals surface area (Å²) in [5.41, 5.74) is 1.52. The zero-order valence-corrected chi connectivity index (χ0v) is 35.1. The minimum Gasteiger partial charge on any atom is -0.456 e. The van der Waals surface area contributed by atoms with Crippen LogP contribution in [0.25, 0.3) is 0 Å². The number of allylic oxidation sites excluding steroid dienone is 4. The Bertz CT molecular complexity index is 1450. The third-order valence-electron chi connectivity index (χ3n) is 12.7. The monoisotopic (exact) mass is 784 g/mol. The summed E-state index contributed by atoms with van der Waals surface area (Å²) >= 11 is 0. The molecule has 3 aliphatic heterocycles. The van der Waals surface area contributed by atoms with E-state index >= 15 is 0 Å². The number of aliphatic hydroxyl groups excluding tert-OH is 2. The Hall–Kier alpha value is -2.48. The van der Waals surface area contributed by atoms with Gasteiger partial charge in [-0.15, -0.1) is 6.58 Å². The molecule has 3 heterocycles. The topological polar surface area (TPSA) is 160 Å². The van der Waals surface area contributed by atoms with Gasteiger partial charge in [-0.25, -0.2) is 4.79 Å². The van der Waals surface area contributed by atoms with Gasteiger partial charge in [-0.3, -0.25) is 14.4 Å². The van der Waals surface area contributed by atoms with Crippen molar-refractivity contribution in [1.29, 1.82) is 0 Å². The van der Waals surface area contributed by atoms with E-state index in [-0.39, 0.29) is 54.6 Å². The molecule has 14 atom stereocenters. The van der Waals surface area contributed by atoms with Crippen LogP contribution in [0.5, 0.6) is 0 Å². The molecule has 12 heteroatoms. The van der Waals surface area contributed by atoms with E-state index in [0.717, 1.165) is 5.57 Å². The smallest absolute Gasteiger partial charge is 0.329 e. The number of ketones is 2. The summed E-state index contributed by atoms with van der Waals surface area (Å²) in [6.07, 6.45) is 7.28. The maximum Gasteiger partial charge on any atom is 0.329 e. The molecule has 1 aliphatic carbocycles. The number of carbonyl (C=O) groups is 4. The van der Waals surface area contributed by atoms with Crippen LogP contribution in [0.1, 0.15) is 112 Å². The molecule has 0 aromatic heterocycles. The number of hydrogen-bond acceptors (Lipinski definition) is 10. The van der Waals surface area contributed by atoms with E-state index in [9.17, 15) is 34.5 Å². The van der Waals surface area contributed by atoms with Gasteiger partial charge in [-0.05, 0) is 107 Å². The molecule has 2 saturated heterocycles. The van der Waals surface area contributed by atoms with Gasteiger partial charge < -0.3 is 34.4 Å². The minimum atomic E-state index is -2.38. The molecule has 4 rings (SSSR count). The number of ether oxygens (including phenoxy) is 3. The fraction of sp³-hybridized carbons (Fsp3) is 0.767. The Labute approximate surface area is 331 Å². The largest absolute Gasteiger partial charge is 0.456 e. The fourth-order valence-electron chi connectivity index (χ4n) is 9.44. The molecule has 0 spiro atoms. The normalized spacial score (nSPS) is 42.0. The number of piperidine rings is 1. The molecular formula is C43H66NO10Si. The molecule has 4 aliphatic rings. The number of carbonyl (C=O) groups excluding carboxylic acids is 4. The Morgan fingerprint density at radius 1 is 1.04 bits per heavy atom. The number of hydrogen-bond donors (Lipinski definition) is 3. The number of amides is 1. The summed E-state index contributed by atoms with van der Waals surface area (Å²) in [6, 6.07) is -1.10. The average Bonchev–Trinajstić information content (AvgIpc) is 3.14. The van der Waals surface area contributed by atoms with Crippen LogP contribution in [0.15, 0.2) is 36.0 Å². The van der Waals surface area contributed by atoms with Crippen molar-refractivity contribution in [3.63, 3.8) is 0 Å². The summed E-state index contributed by atoms with van der Waals surface area (Å²) in [5.74, 6) is -7.18. The number of cyclic esters (lactones) is 1. The Morgan fingerprint density at radius 3 is 2.42 bits per heavy atom. The standard InChI is InChI=1S/C43H66NO10Si/c1-9-12-31-19-25(3)17-24(2)18-26(4)39-37(55)21-28(6)43(51,54-39)40(48)41(49)44-16-11-10-13-32(44)42(50)53-38(29(7)34(46)23-35(31)47)27(5)20-30-14-15-33(45)36(22-30)52-8/h9,19-20,24,26,28-34,36-39,45-46,51H,1,10-18,21-23H2,2-8H3/b25-19+,27-20+/t24-,26-,28+,29+,30-,31+,32-,33+,34-,36+,37-,38+,39+,43+/m0/s1. The summed E-state index contributed by atoms with van der Waals surface area (Å²) in [7, 11) is 5.37. The molecule has 11 nitrogen and oxygen atoms in total. The number of methoxy groups -OCH3 is 1. The van der Waals surface area contributed by atoms with E-state index in [1.54, 1.807) is 27.0 Å². The number of esters is 1. The van der Waals surface area contributed by atoms with Gasteiger partial charge in [0.2, 0.25) is 5.79 Å². The SMILES string of the molecule is C=CC[C@@H]1/C=C(\C)C[C@H](C)C[C@H](C)[C@H]2O[C@@](O)(C(=O)C(=O)N3CCCC[C@H]3C(=O)O[C@H](/C(C)=C/[C@@H]3CC[C@@H](O)[C@H](OC)C3)[C@H](C)[C@@H](O)CC1=O)[C@H](C)C[C@@H]2[Si]. The van der Waals surface area contributed by atoms with Gasteiger partial charge >= 0.3 is 5.97 Å². The highest BCUT2D eigenvalue weighted by atomic mass is 28.1. The first-order valence-electron chi connectivity index (χ1n) is 20.5. The van der Waals surface area contributed by atoms with Gasteiger partial charge in [0.15, 0.2) is 0 Å². The van der Waals surface area contributed by atoms with Crippen molar-refractivity contribution >= 4 is 33.7 Å². The highest BCUT2D eigenvalue weighted by molar-refractivity contribution is 6.39. The van der Waals surface area contributed by atoms with Gasteiger partial charge in [0.25, 0.3) is 11.7 Å². The molecule has 55 heavy (non-hydrogen) atoms. The maximum absolute atomic E-state index is 14.3. The first-order chi connectivity index (χ1) is 25.9. The third-order valence-corrected chi connectivity index (χ3v) is 13.2. The van der Waals surface area contributed by atoms with E-state index < -0.39 is 71.7 Å². The number of nitrogens with zero attached hydrogens (tertiary/aromatic N) is 1. The number of fused-ring (bicyclic) bond motifs is 3. The lowest BCUT2D eigenvalue weighted by molar-refractivity contribution is -0.270. The third kappa shape index (κ3) is 10.9. The Kier molecular flexibility index (Phi) is 16.3. The highest BCUT2D eigenvalue weighted by Gasteiger charge is 2.55. The average molecular weight is 785 g/mol. The Morgan fingerprint density at radius 2 is 1.75 bits per heavy atom. The number of rotatable bonds is 5. The molecule has 3 radical (unpaired) electrons. The van der Waals surface area contributed by atoms with Gasteiger partial charge in [0.05, 0.1) is 24.4 Å². The van der Waals surface area contributed by atoms with Gasteiger partial charge in [-0.1, -0.05) is 51.5 Å². The van der Waals surface area contributed by atoms with Gasteiger partial charge in [-0.2, -0.15) is 0 Å². The van der Waals surface area contributed by atoms with Crippen molar-refractivity contribution in [2.24, 2.45) is 35.5 Å². The van der Waals surface area contributed by atoms with Crippen molar-refractivity contribution in [3.05, 3.63) is 36.0 Å². The van der Waals surface area contributed by atoms with Crippen LogP contribution < -0.4 is 0 Å². The summed E-state index contributed by atoms with van der Waals surface area (Å²) < 4.78 is 18.1. The molecular weight excluding hydrogens is 719 g/mol. The molecule has 0 aromatic carbocycles. The molecule has 2 bridgehead atoms. The van der Waals surface area contributed by atoms with E-state index in [1.807, 2.05) is 32.9 Å². The van der Waals surface area contributed by atoms with Crippen LogP contribution in [0.2, 0.25) is 5.54 Å². The maximum atomic E-state index is 14.3. The zero-order valence-electron chi connectivity index (χ0n) is 34.1. The van der Waals surface area contributed by atoms with Crippen molar-refractivity contribution in [1.82, 2.24) is 4.90 Å². The van der Waals surface area contributed by atoms with Gasteiger partial charge in [0.1, 0.15) is 17.9 Å². The van der Waals surface area contributed by atoms with E-state index in [4.69, 9.17) is 14.2 Å². The fourth-order valence-corrected chi connectivity index (χ4v) is 10.2. The predicted octanol–water partition coefficient (Wildman–Crippen LogP) is 5.20. The van der Waals surface area contributed by atoms with Crippen LogP contribution in [-0.4, -0.2) is 110 Å². The number of Topliss-reactive ketones (excluding diaryl/α,β-unsaturated/α-hetero) is 2. The summed E-state index contributed by atoms with van der Waals surface area (Å²) in [4.78, 5) is 57.5. The molecule has 1 amide bonds. The van der Waals surface area contributed by atoms with Crippen LogP contribution in [0.3, 0.4) is 0 Å². The first-order valence-corrected chi connectivity index (χ1v) is 21.0. The summed E-state index contributed by atoms with van der Waals surface area (Å²) in [6.45, 7) is 15.4. The second-order valence-electron chi connectivity index (χ2n) is 17.3. The molecule has 1 saturated carbocycles. The van der Waals surface area contributed by atoms with Crippen molar-refractivity contribution in [2.75, 3.05) is 13.7 Å². The van der Waals surface area contributed by atoms with Gasteiger partial charge in [0, 0.05) is 48.1 Å². The second kappa shape index (κ2) is 19.8.